The third kappa shape index (κ3) is 3.39. The zero-order chi connectivity index (χ0) is 13.8. The Bertz CT molecular complexity index is 608. The van der Waals surface area contributed by atoms with E-state index in [0.717, 1.165) is 11.8 Å². The second kappa shape index (κ2) is 5.95. The maximum Gasteiger partial charge on any atom is 0.334 e. The fraction of sp³-hybridized carbons (Fsp3) is 0.0769. The van der Waals surface area contributed by atoms with Crippen LogP contribution >= 0.6 is 23.4 Å². The van der Waals surface area contributed by atoms with Gasteiger partial charge in [-0.25, -0.2) is 9.79 Å². The van der Waals surface area contributed by atoms with Gasteiger partial charge in [0.15, 0.2) is 0 Å². The van der Waals surface area contributed by atoms with Crippen LogP contribution in [0.2, 0.25) is 5.02 Å². The van der Waals surface area contributed by atoms with Gasteiger partial charge in [0, 0.05) is 17.7 Å². The molecule has 1 aromatic carbocycles. The number of aromatic hydroxyl groups is 1. The van der Waals surface area contributed by atoms with Crippen molar-refractivity contribution in [3.63, 3.8) is 0 Å². The van der Waals surface area contributed by atoms with Gasteiger partial charge >= 0.3 is 5.97 Å². The molecule has 4 nitrogen and oxygen atoms in total. The zero-order valence-corrected chi connectivity index (χ0v) is 11.3. The van der Waals surface area contributed by atoms with Crippen LogP contribution in [0.25, 0.3) is 0 Å². The minimum absolute atomic E-state index is 0.0408. The lowest BCUT2D eigenvalue weighted by atomic mass is 10.2. The number of carboxylic acids is 1. The number of phenolic OH excluding ortho intramolecular Hbond substituents is 1. The summed E-state index contributed by atoms with van der Waals surface area (Å²) in [6.45, 7) is 0. The molecule has 2 rings (SSSR count). The SMILES string of the molecule is O=C(O)C1=C(Sc2cc(Cl)ccc2O)N=CC=CC1. The number of thioether (sulfide) groups is 1. The van der Waals surface area contributed by atoms with Crippen molar-refractivity contribution < 1.29 is 15.0 Å². The van der Waals surface area contributed by atoms with E-state index in [9.17, 15) is 9.90 Å². The highest BCUT2D eigenvalue weighted by Crippen LogP contribution is 2.38. The van der Waals surface area contributed by atoms with Crippen LogP contribution in [0.5, 0.6) is 5.75 Å². The van der Waals surface area contributed by atoms with Crippen LogP contribution in [0.3, 0.4) is 0 Å². The number of rotatable bonds is 3. The lowest BCUT2D eigenvalue weighted by Crippen LogP contribution is -2.01. The van der Waals surface area contributed by atoms with E-state index in [1.807, 2.05) is 0 Å². The van der Waals surface area contributed by atoms with Gasteiger partial charge in [0.2, 0.25) is 0 Å². The van der Waals surface area contributed by atoms with Crippen molar-refractivity contribution in [2.45, 2.75) is 11.3 Å². The van der Waals surface area contributed by atoms with E-state index in [4.69, 9.17) is 16.7 Å². The highest BCUT2D eigenvalue weighted by molar-refractivity contribution is 8.03. The largest absolute Gasteiger partial charge is 0.507 e. The molecular weight excluding hydrogens is 286 g/mol. The van der Waals surface area contributed by atoms with Gasteiger partial charge < -0.3 is 10.2 Å². The molecule has 19 heavy (non-hydrogen) atoms. The Morgan fingerprint density at radius 1 is 1.42 bits per heavy atom. The summed E-state index contributed by atoms with van der Waals surface area (Å²) in [5.74, 6) is -0.980. The summed E-state index contributed by atoms with van der Waals surface area (Å²) < 4.78 is 0. The van der Waals surface area contributed by atoms with Crippen LogP contribution < -0.4 is 0 Å². The number of halogens is 1. The summed E-state index contributed by atoms with van der Waals surface area (Å²) in [5, 5.41) is 19.7. The molecule has 2 N–H and O–H groups in total. The number of hydrogen-bond acceptors (Lipinski definition) is 4. The predicted octanol–water partition coefficient (Wildman–Crippen LogP) is 3.46. The fourth-order valence-electron chi connectivity index (χ4n) is 1.46. The smallest absolute Gasteiger partial charge is 0.334 e. The first kappa shape index (κ1) is 13.7. The lowest BCUT2D eigenvalue weighted by Gasteiger charge is -2.07. The van der Waals surface area contributed by atoms with Gasteiger partial charge in [0.25, 0.3) is 0 Å². The summed E-state index contributed by atoms with van der Waals surface area (Å²) >= 11 is 6.94. The van der Waals surface area contributed by atoms with E-state index in [1.54, 1.807) is 24.3 Å². The monoisotopic (exact) mass is 295 g/mol. The molecule has 0 spiro atoms. The Hall–Kier alpha value is -1.72. The first-order chi connectivity index (χ1) is 9.08. The topological polar surface area (TPSA) is 69.9 Å². The maximum absolute atomic E-state index is 11.2. The number of allylic oxidation sites excluding steroid dienone is 2. The Morgan fingerprint density at radius 3 is 2.95 bits per heavy atom. The number of carbonyl (C=O) groups is 1. The molecule has 0 bridgehead atoms. The first-order valence-corrected chi connectivity index (χ1v) is 6.59. The van der Waals surface area contributed by atoms with Gasteiger partial charge in [-0.1, -0.05) is 29.4 Å². The van der Waals surface area contributed by atoms with Crippen molar-refractivity contribution in [1.82, 2.24) is 0 Å². The van der Waals surface area contributed by atoms with E-state index in [-0.39, 0.29) is 11.3 Å². The summed E-state index contributed by atoms with van der Waals surface area (Å²) in [6.07, 6.45) is 5.23. The molecule has 0 atom stereocenters. The highest BCUT2D eigenvalue weighted by Gasteiger charge is 2.16. The number of aliphatic imine (C=N–C) groups is 1. The normalized spacial score (nSPS) is 14.6. The van der Waals surface area contributed by atoms with Gasteiger partial charge in [0.05, 0.1) is 10.5 Å². The molecule has 0 aliphatic carbocycles. The van der Waals surface area contributed by atoms with Gasteiger partial charge in [-0.3, -0.25) is 0 Å². The van der Waals surface area contributed by atoms with Gasteiger partial charge in [-0.05, 0) is 24.3 Å². The zero-order valence-electron chi connectivity index (χ0n) is 9.71. The number of benzene rings is 1. The molecule has 1 aliphatic heterocycles. The number of carboxylic acid groups (broad SMARTS) is 1. The average Bonchev–Trinajstić information content (AvgIpc) is 2.59. The Morgan fingerprint density at radius 2 is 2.21 bits per heavy atom. The number of phenols is 1. The average molecular weight is 296 g/mol. The molecule has 0 fully saturated rings. The van der Waals surface area contributed by atoms with E-state index in [0.29, 0.717) is 21.4 Å². The Labute approximate surface area is 119 Å². The van der Waals surface area contributed by atoms with Crippen LogP contribution in [-0.4, -0.2) is 22.4 Å². The molecule has 1 heterocycles. The minimum Gasteiger partial charge on any atom is -0.507 e. The number of aliphatic carboxylic acids is 1. The third-order valence-electron chi connectivity index (χ3n) is 2.38. The molecule has 1 aromatic rings. The van der Waals surface area contributed by atoms with Crippen LogP contribution in [0.1, 0.15) is 6.42 Å². The molecule has 1 aliphatic rings. The number of hydrogen-bond donors (Lipinski definition) is 2. The van der Waals surface area contributed by atoms with E-state index in [1.165, 1.54) is 12.3 Å². The van der Waals surface area contributed by atoms with Gasteiger partial charge in [-0.2, -0.15) is 0 Å². The lowest BCUT2D eigenvalue weighted by molar-refractivity contribution is -0.132. The Kier molecular flexibility index (Phi) is 4.29. The van der Waals surface area contributed by atoms with Crippen molar-refractivity contribution in [3.8, 4) is 5.75 Å². The van der Waals surface area contributed by atoms with Crippen molar-refractivity contribution in [2.24, 2.45) is 4.99 Å². The number of nitrogens with zero attached hydrogens (tertiary/aromatic N) is 1. The molecule has 0 aromatic heterocycles. The van der Waals surface area contributed by atoms with E-state index >= 15 is 0 Å². The second-order valence-corrected chi connectivity index (χ2v) is 5.18. The summed E-state index contributed by atoms with van der Waals surface area (Å²) in [7, 11) is 0. The van der Waals surface area contributed by atoms with Gasteiger partial charge in [0.1, 0.15) is 10.8 Å². The molecule has 0 amide bonds. The molecule has 98 valence electrons. The Balaban J connectivity index is 2.39. The standard InChI is InChI=1S/C13H10ClNO3S/c14-8-4-5-10(16)11(7-8)19-12-9(13(17)18)3-1-2-6-15-12/h1-2,4-7,16H,3H2,(H,17,18). The summed E-state index contributed by atoms with van der Waals surface area (Å²) in [6, 6.07) is 4.59. The second-order valence-electron chi connectivity index (χ2n) is 3.71. The quantitative estimate of drug-likeness (QED) is 0.896. The molecular formula is C13H10ClNO3S. The highest BCUT2D eigenvalue weighted by atomic mass is 35.5. The summed E-state index contributed by atoms with van der Waals surface area (Å²) in [5.41, 5.74) is 0.189. The molecule has 0 saturated carbocycles. The third-order valence-corrected chi connectivity index (χ3v) is 3.71. The minimum atomic E-state index is -1.02. The van der Waals surface area contributed by atoms with Crippen LogP contribution in [0.4, 0.5) is 0 Å². The molecule has 0 saturated heterocycles. The van der Waals surface area contributed by atoms with Crippen LogP contribution in [0.15, 0.2) is 50.8 Å². The van der Waals surface area contributed by atoms with Crippen molar-refractivity contribution >= 4 is 35.5 Å². The van der Waals surface area contributed by atoms with Crippen LogP contribution in [0, 0.1) is 0 Å². The molecule has 6 heteroatoms. The van der Waals surface area contributed by atoms with Gasteiger partial charge in [-0.15, -0.1) is 0 Å². The van der Waals surface area contributed by atoms with Crippen molar-refractivity contribution in [3.05, 3.63) is 46.0 Å². The van der Waals surface area contributed by atoms with E-state index < -0.39 is 5.97 Å². The van der Waals surface area contributed by atoms with Crippen molar-refractivity contribution in [1.29, 1.82) is 0 Å². The van der Waals surface area contributed by atoms with Crippen LogP contribution in [-0.2, 0) is 4.79 Å². The fourth-order valence-corrected chi connectivity index (χ4v) is 2.67. The van der Waals surface area contributed by atoms with E-state index in [2.05, 4.69) is 4.99 Å². The first-order valence-electron chi connectivity index (χ1n) is 5.40. The summed E-state index contributed by atoms with van der Waals surface area (Å²) in [4.78, 5) is 15.8. The molecule has 0 unspecified atom stereocenters. The van der Waals surface area contributed by atoms with Crippen molar-refractivity contribution in [2.75, 3.05) is 0 Å². The molecule has 0 radical (unpaired) electrons. The predicted molar refractivity (Wildman–Crippen MR) is 75.9 cm³/mol. The maximum atomic E-state index is 11.2.